The first-order chi connectivity index (χ1) is 12.8. The summed E-state index contributed by atoms with van der Waals surface area (Å²) in [6, 6.07) is 14.0. The second-order valence-electron chi connectivity index (χ2n) is 6.25. The van der Waals surface area contributed by atoms with E-state index in [4.69, 9.17) is 4.74 Å². The molecule has 0 atom stereocenters. The fourth-order valence-corrected chi connectivity index (χ4v) is 4.10. The van der Waals surface area contributed by atoms with Crippen molar-refractivity contribution in [2.45, 2.75) is 6.54 Å². The summed E-state index contributed by atoms with van der Waals surface area (Å²) in [5, 5.41) is 3.31. The zero-order valence-corrected chi connectivity index (χ0v) is 15.3. The Kier molecular flexibility index (Phi) is 5.11. The maximum atomic E-state index is 12.2. The topological polar surface area (TPSA) is 54.5 Å². The van der Waals surface area contributed by atoms with E-state index in [0.717, 1.165) is 30.0 Å². The molecule has 0 radical (unpaired) electrons. The summed E-state index contributed by atoms with van der Waals surface area (Å²) in [7, 11) is 0. The third kappa shape index (κ3) is 3.70. The van der Waals surface area contributed by atoms with Crippen molar-refractivity contribution in [3.63, 3.8) is 0 Å². The third-order valence-electron chi connectivity index (χ3n) is 4.59. The first-order valence-electron chi connectivity index (χ1n) is 8.78. The van der Waals surface area contributed by atoms with Crippen LogP contribution in [0.5, 0.6) is 0 Å². The maximum absolute atomic E-state index is 12.2. The monoisotopic (exact) mass is 367 g/mol. The molecule has 0 amide bonds. The molecule has 1 aromatic carbocycles. The summed E-state index contributed by atoms with van der Waals surface area (Å²) >= 11 is 2.00. The van der Waals surface area contributed by atoms with Crippen LogP contribution in [0.15, 0.2) is 54.4 Å². The van der Waals surface area contributed by atoms with Crippen molar-refractivity contribution in [2.24, 2.45) is 0 Å². The molecule has 134 valence electrons. The van der Waals surface area contributed by atoms with Gasteiger partial charge in [-0.2, -0.15) is 11.8 Å². The summed E-state index contributed by atoms with van der Waals surface area (Å²) in [5.41, 5.74) is 4.48. The number of carbonyl (C=O) groups excluding carboxylic acids is 1. The Labute approximate surface area is 157 Å². The molecule has 6 heteroatoms. The second-order valence-corrected chi connectivity index (χ2v) is 7.48. The van der Waals surface area contributed by atoms with Gasteiger partial charge in [0.15, 0.2) is 0 Å². The summed E-state index contributed by atoms with van der Waals surface area (Å²) in [4.78, 5) is 18.9. The summed E-state index contributed by atoms with van der Waals surface area (Å²) in [6.07, 6.45) is 1.76. The number of cyclic esters (lactones) is 1. The number of hydrogen-bond donors (Lipinski definition) is 1. The Morgan fingerprint density at radius 3 is 2.65 bits per heavy atom. The van der Waals surface area contributed by atoms with Gasteiger partial charge in [-0.1, -0.05) is 18.2 Å². The molecule has 3 heterocycles. The highest BCUT2D eigenvalue weighted by Crippen LogP contribution is 2.28. The lowest BCUT2D eigenvalue weighted by Gasteiger charge is -2.28. The third-order valence-corrected chi connectivity index (χ3v) is 5.54. The van der Waals surface area contributed by atoms with Crippen LogP contribution in [0.1, 0.15) is 11.3 Å². The van der Waals surface area contributed by atoms with Crippen LogP contribution in [0, 0.1) is 0 Å². The number of rotatable bonds is 5. The minimum Gasteiger partial charge on any atom is -0.456 e. The van der Waals surface area contributed by atoms with Crippen LogP contribution in [0.4, 0.5) is 5.69 Å². The molecule has 0 unspecified atom stereocenters. The zero-order chi connectivity index (χ0) is 17.8. The van der Waals surface area contributed by atoms with Gasteiger partial charge in [-0.25, -0.2) is 4.79 Å². The lowest BCUT2D eigenvalue weighted by Crippen LogP contribution is -2.32. The Hall–Kier alpha value is -2.47. The number of nitrogens with zero attached hydrogens (tertiary/aromatic N) is 2. The van der Waals surface area contributed by atoms with E-state index in [1.165, 1.54) is 17.2 Å². The van der Waals surface area contributed by atoms with Gasteiger partial charge in [0.05, 0.1) is 23.5 Å². The molecule has 0 saturated carbocycles. The van der Waals surface area contributed by atoms with Crippen molar-refractivity contribution in [3.8, 4) is 0 Å². The van der Waals surface area contributed by atoms with Gasteiger partial charge in [-0.05, 0) is 29.8 Å². The van der Waals surface area contributed by atoms with Crippen molar-refractivity contribution < 1.29 is 9.53 Å². The Morgan fingerprint density at radius 1 is 1.12 bits per heavy atom. The normalized spacial score (nSPS) is 17.4. The average Bonchev–Trinajstić information content (AvgIpc) is 3.08. The summed E-state index contributed by atoms with van der Waals surface area (Å²) < 4.78 is 5.26. The van der Waals surface area contributed by atoms with E-state index in [2.05, 4.69) is 27.3 Å². The van der Waals surface area contributed by atoms with Crippen molar-refractivity contribution in [3.05, 3.63) is 65.6 Å². The van der Waals surface area contributed by atoms with Crippen LogP contribution in [0.3, 0.4) is 0 Å². The van der Waals surface area contributed by atoms with E-state index in [1.54, 1.807) is 6.20 Å². The molecule has 1 saturated heterocycles. The molecule has 5 nitrogen and oxygen atoms in total. The predicted molar refractivity (Wildman–Crippen MR) is 105 cm³/mol. The molecular formula is C20H21N3O2S. The number of benzene rings is 1. The number of thioether (sulfide) groups is 1. The molecule has 2 aliphatic heterocycles. The van der Waals surface area contributed by atoms with Gasteiger partial charge in [0.1, 0.15) is 6.61 Å². The first kappa shape index (κ1) is 17.0. The van der Waals surface area contributed by atoms with Gasteiger partial charge in [-0.15, -0.1) is 0 Å². The molecule has 4 rings (SSSR count). The minimum absolute atomic E-state index is 0.268. The molecule has 26 heavy (non-hydrogen) atoms. The highest BCUT2D eigenvalue weighted by atomic mass is 32.2. The predicted octanol–water partition coefficient (Wildman–Crippen LogP) is 2.69. The van der Waals surface area contributed by atoms with Crippen molar-refractivity contribution >= 4 is 29.0 Å². The molecule has 1 aromatic heterocycles. The largest absolute Gasteiger partial charge is 0.456 e. The maximum Gasteiger partial charge on any atom is 0.341 e. The van der Waals surface area contributed by atoms with E-state index in [0.29, 0.717) is 12.1 Å². The fraction of sp³-hybridized carbons (Fsp3) is 0.300. The molecule has 0 spiro atoms. The number of anilines is 1. The number of carbonyl (C=O) groups is 1. The molecule has 0 bridgehead atoms. The lowest BCUT2D eigenvalue weighted by atomic mass is 10.0. The highest BCUT2D eigenvalue weighted by molar-refractivity contribution is 7.99. The van der Waals surface area contributed by atoms with Crippen LogP contribution < -0.4 is 10.2 Å². The number of pyridine rings is 1. The molecular weight excluding hydrogens is 346 g/mol. The zero-order valence-electron chi connectivity index (χ0n) is 14.5. The van der Waals surface area contributed by atoms with E-state index in [9.17, 15) is 4.79 Å². The number of hydrogen-bond acceptors (Lipinski definition) is 6. The number of nitrogens with one attached hydrogen (secondary N) is 1. The Bertz CT molecular complexity index is 800. The lowest BCUT2D eigenvalue weighted by molar-refractivity contribution is -0.134. The summed E-state index contributed by atoms with van der Waals surface area (Å²) in [5.74, 6) is 2.07. The van der Waals surface area contributed by atoms with Crippen molar-refractivity contribution in [1.29, 1.82) is 0 Å². The number of esters is 1. The smallest absolute Gasteiger partial charge is 0.341 e. The van der Waals surface area contributed by atoms with Gasteiger partial charge in [0.2, 0.25) is 0 Å². The van der Waals surface area contributed by atoms with Crippen molar-refractivity contribution in [1.82, 2.24) is 10.3 Å². The highest BCUT2D eigenvalue weighted by Gasteiger charge is 2.26. The molecule has 2 aromatic rings. The van der Waals surface area contributed by atoms with Crippen LogP contribution in [-0.2, 0) is 16.1 Å². The van der Waals surface area contributed by atoms with Gasteiger partial charge < -0.3 is 15.0 Å². The molecule has 2 aliphatic rings. The number of ether oxygens (including phenoxy) is 1. The minimum atomic E-state index is -0.268. The van der Waals surface area contributed by atoms with Crippen LogP contribution in [0.25, 0.3) is 5.57 Å². The van der Waals surface area contributed by atoms with Gasteiger partial charge in [0.25, 0.3) is 0 Å². The fourth-order valence-electron chi connectivity index (χ4n) is 3.20. The van der Waals surface area contributed by atoms with Crippen LogP contribution in [-0.4, -0.2) is 42.2 Å². The van der Waals surface area contributed by atoms with Crippen LogP contribution in [0.2, 0.25) is 0 Å². The van der Waals surface area contributed by atoms with Crippen molar-refractivity contribution in [2.75, 3.05) is 36.1 Å². The Morgan fingerprint density at radius 2 is 1.92 bits per heavy atom. The molecule has 1 fully saturated rings. The second kappa shape index (κ2) is 7.83. The quantitative estimate of drug-likeness (QED) is 0.820. The molecule has 1 N–H and O–H groups in total. The average molecular weight is 367 g/mol. The molecule has 0 aliphatic carbocycles. The van der Waals surface area contributed by atoms with Gasteiger partial charge >= 0.3 is 5.97 Å². The summed E-state index contributed by atoms with van der Waals surface area (Å²) in [6.45, 7) is 3.00. The standard InChI is InChI=1S/C20H21N3O2S/c24-20-19(18(14-25-20)22-13-16-3-1-2-8-21-16)15-4-6-17(7-5-15)23-9-11-26-12-10-23/h1-8,22H,9-14H2. The van der Waals surface area contributed by atoms with E-state index in [-0.39, 0.29) is 12.6 Å². The first-order valence-corrected chi connectivity index (χ1v) is 9.94. The van der Waals surface area contributed by atoms with Gasteiger partial charge in [0, 0.05) is 36.5 Å². The van der Waals surface area contributed by atoms with Gasteiger partial charge in [-0.3, -0.25) is 4.98 Å². The van der Waals surface area contributed by atoms with Crippen LogP contribution >= 0.6 is 11.8 Å². The number of aromatic nitrogens is 1. The SMILES string of the molecule is O=C1OCC(NCc2ccccn2)=C1c1ccc(N2CCSCC2)cc1. The van der Waals surface area contributed by atoms with E-state index >= 15 is 0 Å². The van der Waals surface area contributed by atoms with E-state index in [1.807, 2.05) is 42.1 Å². The Balaban J connectivity index is 1.52. The van der Waals surface area contributed by atoms with E-state index < -0.39 is 0 Å².